The molecular formula is C10H11N3O. The highest BCUT2D eigenvalue weighted by Gasteiger charge is 2.01. The molecule has 4 nitrogen and oxygen atoms in total. The first-order valence-corrected chi connectivity index (χ1v) is 4.27. The van der Waals surface area contributed by atoms with E-state index in [9.17, 15) is 0 Å². The number of rotatable bonds is 2. The van der Waals surface area contributed by atoms with E-state index in [1.807, 2.05) is 25.2 Å². The van der Waals surface area contributed by atoms with Gasteiger partial charge in [0.15, 0.2) is 5.75 Å². The Morgan fingerprint density at radius 3 is 2.79 bits per heavy atom. The van der Waals surface area contributed by atoms with Crippen molar-refractivity contribution < 1.29 is 4.74 Å². The summed E-state index contributed by atoms with van der Waals surface area (Å²) in [6.45, 7) is 0. The number of aromatic nitrogens is 2. The van der Waals surface area contributed by atoms with Gasteiger partial charge in [0, 0.05) is 7.05 Å². The van der Waals surface area contributed by atoms with E-state index in [0.717, 1.165) is 0 Å². The van der Waals surface area contributed by atoms with Crippen molar-refractivity contribution in [3.8, 4) is 11.5 Å². The third-order valence-electron chi connectivity index (χ3n) is 1.83. The summed E-state index contributed by atoms with van der Waals surface area (Å²) >= 11 is 0. The fraction of sp³-hybridized carbons (Fsp3) is 0.100. The number of benzene rings is 1. The Labute approximate surface area is 81.9 Å². The van der Waals surface area contributed by atoms with Crippen molar-refractivity contribution in [1.29, 1.82) is 0 Å². The second-order valence-corrected chi connectivity index (χ2v) is 2.99. The number of nitrogens with zero attached hydrogens (tertiary/aromatic N) is 2. The fourth-order valence-electron chi connectivity index (χ4n) is 1.15. The molecule has 2 rings (SSSR count). The van der Waals surface area contributed by atoms with Gasteiger partial charge in [-0.15, -0.1) is 0 Å². The summed E-state index contributed by atoms with van der Waals surface area (Å²) < 4.78 is 7.20. The summed E-state index contributed by atoms with van der Waals surface area (Å²) in [7, 11) is 1.83. The Hall–Kier alpha value is -1.97. The maximum absolute atomic E-state index is 5.72. The van der Waals surface area contributed by atoms with Crippen molar-refractivity contribution in [3.05, 3.63) is 36.7 Å². The monoisotopic (exact) mass is 189 g/mol. The van der Waals surface area contributed by atoms with Crippen LogP contribution in [0.4, 0.5) is 5.69 Å². The van der Waals surface area contributed by atoms with Crippen LogP contribution in [0.15, 0.2) is 36.7 Å². The van der Waals surface area contributed by atoms with Crippen LogP contribution < -0.4 is 10.5 Å². The molecule has 1 aromatic carbocycles. The summed E-state index contributed by atoms with van der Waals surface area (Å²) in [5.41, 5.74) is 6.34. The van der Waals surface area contributed by atoms with Gasteiger partial charge in [0.25, 0.3) is 0 Å². The van der Waals surface area contributed by atoms with Crippen molar-refractivity contribution in [3.63, 3.8) is 0 Å². The van der Waals surface area contributed by atoms with Crippen molar-refractivity contribution in [2.75, 3.05) is 5.73 Å². The molecule has 0 spiro atoms. The molecule has 14 heavy (non-hydrogen) atoms. The van der Waals surface area contributed by atoms with Gasteiger partial charge in [-0.3, -0.25) is 4.68 Å². The smallest absolute Gasteiger partial charge is 0.165 e. The van der Waals surface area contributed by atoms with E-state index in [0.29, 0.717) is 17.2 Å². The number of nitrogen functional groups attached to an aromatic ring is 1. The van der Waals surface area contributed by atoms with Crippen LogP contribution in [-0.2, 0) is 7.05 Å². The van der Waals surface area contributed by atoms with Gasteiger partial charge in [-0.1, -0.05) is 12.1 Å². The molecule has 0 aliphatic heterocycles. The predicted molar refractivity (Wildman–Crippen MR) is 54.1 cm³/mol. The lowest BCUT2D eigenvalue weighted by Gasteiger charge is -2.04. The summed E-state index contributed by atoms with van der Waals surface area (Å²) in [6, 6.07) is 7.36. The van der Waals surface area contributed by atoms with Crippen LogP contribution in [0.5, 0.6) is 11.5 Å². The van der Waals surface area contributed by atoms with Crippen LogP contribution in [0.3, 0.4) is 0 Å². The first-order valence-electron chi connectivity index (χ1n) is 4.27. The summed E-state index contributed by atoms with van der Waals surface area (Å²) in [4.78, 5) is 0. The van der Waals surface area contributed by atoms with Gasteiger partial charge >= 0.3 is 0 Å². The lowest BCUT2D eigenvalue weighted by atomic mass is 10.3. The molecule has 1 aromatic heterocycles. The minimum Gasteiger partial charge on any atom is -0.452 e. The molecule has 0 amide bonds. The third kappa shape index (κ3) is 1.69. The SMILES string of the molecule is Cn1cc(Oc2ccccc2N)cn1. The average Bonchev–Trinajstić information content (AvgIpc) is 2.56. The number of ether oxygens (including phenoxy) is 1. The van der Waals surface area contributed by atoms with Gasteiger partial charge in [0.2, 0.25) is 0 Å². The number of aryl methyl sites for hydroxylation is 1. The molecule has 72 valence electrons. The number of anilines is 1. The number of nitrogens with two attached hydrogens (primary N) is 1. The van der Waals surface area contributed by atoms with E-state index >= 15 is 0 Å². The number of hydrogen-bond donors (Lipinski definition) is 1. The van der Waals surface area contributed by atoms with Crippen LogP contribution in [0, 0.1) is 0 Å². The molecule has 2 N–H and O–H groups in total. The van der Waals surface area contributed by atoms with Crippen LogP contribution >= 0.6 is 0 Å². The minimum absolute atomic E-state index is 0.622. The lowest BCUT2D eigenvalue weighted by molar-refractivity contribution is 0.484. The predicted octanol–water partition coefficient (Wildman–Crippen LogP) is 1.79. The second kappa shape index (κ2) is 3.41. The van der Waals surface area contributed by atoms with Gasteiger partial charge in [-0.2, -0.15) is 5.10 Å². The van der Waals surface area contributed by atoms with Gasteiger partial charge < -0.3 is 10.5 Å². The van der Waals surface area contributed by atoms with E-state index in [1.165, 1.54) is 0 Å². The summed E-state index contributed by atoms with van der Waals surface area (Å²) in [5, 5.41) is 3.99. The highest BCUT2D eigenvalue weighted by molar-refractivity contribution is 5.53. The van der Waals surface area contributed by atoms with Gasteiger partial charge in [0.1, 0.15) is 5.75 Å². The maximum atomic E-state index is 5.72. The Kier molecular flexibility index (Phi) is 2.10. The van der Waals surface area contributed by atoms with Crippen molar-refractivity contribution in [1.82, 2.24) is 9.78 Å². The van der Waals surface area contributed by atoms with Crippen LogP contribution in [0.2, 0.25) is 0 Å². The van der Waals surface area contributed by atoms with E-state index in [4.69, 9.17) is 10.5 Å². The first-order chi connectivity index (χ1) is 6.75. The van der Waals surface area contributed by atoms with E-state index in [2.05, 4.69) is 5.10 Å². The lowest BCUT2D eigenvalue weighted by Crippen LogP contribution is -1.90. The van der Waals surface area contributed by atoms with Crippen molar-refractivity contribution in [2.24, 2.45) is 7.05 Å². The Morgan fingerprint density at radius 2 is 2.14 bits per heavy atom. The molecule has 0 aliphatic carbocycles. The van der Waals surface area contributed by atoms with Gasteiger partial charge in [0.05, 0.1) is 18.1 Å². The molecule has 0 aliphatic rings. The topological polar surface area (TPSA) is 53.1 Å². The molecule has 2 aromatic rings. The summed E-state index contributed by atoms with van der Waals surface area (Å²) in [5.74, 6) is 1.34. The van der Waals surface area contributed by atoms with Crippen molar-refractivity contribution in [2.45, 2.75) is 0 Å². The molecule has 0 saturated carbocycles. The Bertz CT molecular complexity index is 436. The van der Waals surface area contributed by atoms with Crippen LogP contribution in [-0.4, -0.2) is 9.78 Å². The highest BCUT2D eigenvalue weighted by atomic mass is 16.5. The zero-order valence-corrected chi connectivity index (χ0v) is 7.84. The first kappa shape index (κ1) is 8.62. The molecule has 0 bridgehead atoms. The fourth-order valence-corrected chi connectivity index (χ4v) is 1.15. The number of hydrogen-bond acceptors (Lipinski definition) is 3. The van der Waals surface area contributed by atoms with Crippen LogP contribution in [0.25, 0.3) is 0 Å². The normalized spacial score (nSPS) is 10.1. The Balaban J connectivity index is 2.23. The maximum Gasteiger partial charge on any atom is 0.165 e. The molecule has 0 unspecified atom stereocenters. The third-order valence-corrected chi connectivity index (χ3v) is 1.83. The minimum atomic E-state index is 0.622. The average molecular weight is 189 g/mol. The van der Waals surface area contributed by atoms with Crippen LogP contribution in [0.1, 0.15) is 0 Å². The quantitative estimate of drug-likeness (QED) is 0.733. The summed E-state index contributed by atoms with van der Waals surface area (Å²) in [6.07, 6.45) is 3.43. The zero-order chi connectivity index (χ0) is 9.97. The molecule has 0 atom stereocenters. The molecule has 0 fully saturated rings. The number of para-hydroxylation sites is 2. The van der Waals surface area contributed by atoms with Gasteiger partial charge in [-0.05, 0) is 12.1 Å². The highest BCUT2D eigenvalue weighted by Crippen LogP contribution is 2.25. The Morgan fingerprint density at radius 1 is 1.36 bits per heavy atom. The molecule has 4 heteroatoms. The van der Waals surface area contributed by atoms with E-state index in [1.54, 1.807) is 23.1 Å². The largest absolute Gasteiger partial charge is 0.452 e. The van der Waals surface area contributed by atoms with E-state index in [-0.39, 0.29) is 0 Å². The molecule has 1 heterocycles. The molecule has 0 radical (unpaired) electrons. The molecule has 0 saturated heterocycles. The standard InChI is InChI=1S/C10H11N3O/c1-13-7-8(6-12-13)14-10-5-3-2-4-9(10)11/h2-7H,11H2,1H3. The van der Waals surface area contributed by atoms with Gasteiger partial charge in [-0.25, -0.2) is 0 Å². The molecular weight excluding hydrogens is 178 g/mol. The zero-order valence-electron chi connectivity index (χ0n) is 7.84. The second-order valence-electron chi connectivity index (χ2n) is 2.99. The van der Waals surface area contributed by atoms with Crippen molar-refractivity contribution >= 4 is 5.69 Å². The van der Waals surface area contributed by atoms with E-state index < -0.39 is 0 Å².